The summed E-state index contributed by atoms with van der Waals surface area (Å²) >= 11 is 3.63. The predicted molar refractivity (Wildman–Crippen MR) is 94.2 cm³/mol. The van der Waals surface area contributed by atoms with Crippen LogP contribution >= 0.6 is 15.9 Å². The van der Waals surface area contributed by atoms with E-state index in [9.17, 15) is 0 Å². The number of hydrogen-bond donors (Lipinski definition) is 0. The van der Waals surface area contributed by atoms with Gasteiger partial charge in [0.05, 0.1) is 10.0 Å². The molecule has 0 bridgehead atoms. The highest BCUT2D eigenvalue weighted by Gasteiger charge is 2.20. The summed E-state index contributed by atoms with van der Waals surface area (Å²) in [6.45, 7) is 4.69. The van der Waals surface area contributed by atoms with Crippen molar-refractivity contribution in [3.8, 4) is 5.75 Å². The van der Waals surface area contributed by atoms with E-state index < -0.39 is 0 Å². The van der Waals surface area contributed by atoms with Crippen LogP contribution in [0.15, 0.2) is 70.1 Å². The number of para-hydroxylation sites is 1. The van der Waals surface area contributed by atoms with E-state index in [2.05, 4.69) is 34.6 Å². The molecule has 1 aliphatic rings. The van der Waals surface area contributed by atoms with E-state index in [1.54, 1.807) is 0 Å². The number of rotatable bonds is 0. The molecule has 1 aromatic heterocycles. The van der Waals surface area contributed by atoms with Crippen molar-refractivity contribution in [2.45, 2.75) is 0 Å². The average molecular weight is 353 g/mol. The highest BCUT2D eigenvalue weighted by Crippen LogP contribution is 2.43. The van der Waals surface area contributed by atoms with Crippen LogP contribution in [0.25, 0.3) is 27.5 Å². The molecule has 2 heterocycles. The van der Waals surface area contributed by atoms with Crippen LogP contribution in [0.3, 0.4) is 0 Å². The third-order valence-corrected chi connectivity index (χ3v) is 4.35. The molecule has 22 heavy (non-hydrogen) atoms. The van der Waals surface area contributed by atoms with Gasteiger partial charge in [0.25, 0.3) is 0 Å². The van der Waals surface area contributed by atoms with Gasteiger partial charge in [0.1, 0.15) is 23.5 Å². The molecule has 108 valence electrons. The molecule has 0 radical (unpaired) electrons. The average Bonchev–Trinajstić information content (AvgIpc) is 2.91. The molecule has 0 spiro atoms. The van der Waals surface area contributed by atoms with Gasteiger partial charge in [-0.15, -0.1) is 0 Å². The van der Waals surface area contributed by atoms with Gasteiger partial charge < -0.3 is 9.15 Å². The number of fused-ring (bicyclic) bond motifs is 5. The molecule has 2 nitrogen and oxygen atoms in total. The molecule has 2 aromatic carbocycles. The van der Waals surface area contributed by atoms with Crippen LogP contribution in [0.4, 0.5) is 0 Å². The zero-order valence-electron chi connectivity index (χ0n) is 11.8. The molecule has 0 aliphatic carbocycles. The van der Waals surface area contributed by atoms with E-state index in [1.807, 2.05) is 42.5 Å². The van der Waals surface area contributed by atoms with Crippen LogP contribution in [-0.4, -0.2) is 6.61 Å². The third-order valence-electron chi connectivity index (χ3n) is 3.77. The smallest absolute Gasteiger partial charge is 0.147 e. The maximum Gasteiger partial charge on any atom is 0.147 e. The zero-order valence-corrected chi connectivity index (χ0v) is 13.4. The van der Waals surface area contributed by atoms with Crippen LogP contribution in [0.2, 0.25) is 0 Å². The van der Waals surface area contributed by atoms with Gasteiger partial charge in [-0.1, -0.05) is 43.0 Å². The first-order valence-electron chi connectivity index (χ1n) is 7.05. The molecule has 0 saturated heterocycles. The number of halogens is 1. The van der Waals surface area contributed by atoms with Gasteiger partial charge in [-0.2, -0.15) is 0 Å². The molecule has 1 aliphatic heterocycles. The molecule has 0 fully saturated rings. The summed E-state index contributed by atoms with van der Waals surface area (Å²) in [4.78, 5) is 0. The normalized spacial score (nSPS) is 17.4. The lowest BCUT2D eigenvalue weighted by Gasteiger charge is -2.12. The Balaban J connectivity index is 2.14. The van der Waals surface area contributed by atoms with Crippen molar-refractivity contribution in [3.63, 3.8) is 0 Å². The predicted octanol–water partition coefficient (Wildman–Crippen LogP) is 5.87. The lowest BCUT2D eigenvalue weighted by Crippen LogP contribution is -1.98. The molecule has 0 saturated carbocycles. The summed E-state index contributed by atoms with van der Waals surface area (Å²) in [5.74, 6) is 0.771. The minimum atomic E-state index is 0.509. The standard InChI is InChI=1S/C19H13BrO2/c1-12-7-3-2-6-10-21-19-15(20)11-14-13-8-4-5-9-16(13)22-18(14)17(12)19/h2-9,11H,1,10H2/b6-2-,7-3-. The molecule has 4 rings (SSSR count). The fraction of sp³-hybridized carbons (Fsp3) is 0.0526. The fourth-order valence-electron chi connectivity index (χ4n) is 2.76. The Morgan fingerprint density at radius 2 is 1.95 bits per heavy atom. The second kappa shape index (κ2) is 5.18. The minimum absolute atomic E-state index is 0.509. The number of furan rings is 1. The van der Waals surface area contributed by atoms with E-state index in [4.69, 9.17) is 9.15 Å². The maximum absolute atomic E-state index is 6.10. The number of benzene rings is 2. The van der Waals surface area contributed by atoms with Gasteiger partial charge in [-0.25, -0.2) is 0 Å². The Morgan fingerprint density at radius 3 is 2.86 bits per heavy atom. The van der Waals surface area contributed by atoms with Crippen molar-refractivity contribution in [2.75, 3.05) is 6.61 Å². The lowest BCUT2D eigenvalue weighted by molar-refractivity contribution is 0.360. The van der Waals surface area contributed by atoms with Crippen molar-refractivity contribution in [1.29, 1.82) is 0 Å². The molecule has 0 atom stereocenters. The molecule has 3 aromatic rings. The molecule has 0 unspecified atom stereocenters. The minimum Gasteiger partial charge on any atom is -0.488 e. The van der Waals surface area contributed by atoms with Gasteiger partial charge in [0, 0.05) is 10.8 Å². The van der Waals surface area contributed by atoms with Crippen LogP contribution < -0.4 is 4.74 Å². The molecule has 0 amide bonds. The van der Waals surface area contributed by atoms with Crippen molar-refractivity contribution >= 4 is 43.4 Å². The van der Waals surface area contributed by atoms with Gasteiger partial charge in [-0.3, -0.25) is 0 Å². The van der Waals surface area contributed by atoms with E-state index >= 15 is 0 Å². The quantitative estimate of drug-likeness (QED) is 0.505. The van der Waals surface area contributed by atoms with E-state index in [0.29, 0.717) is 6.61 Å². The Labute approximate surface area is 136 Å². The Kier molecular flexibility index (Phi) is 3.16. The first kappa shape index (κ1) is 13.4. The molecule has 3 heteroatoms. The van der Waals surface area contributed by atoms with Gasteiger partial charge in [0.2, 0.25) is 0 Å². The summed E-state index contributed by atoms with van der Waals surface area (Å²) in [7, 11) is 0. The lowest BCUT2D eigenvalue weighted by atomic mass is 10.0. The monoisotopic (exact) mass is 352 g/mol. The first-order valence-corrected chi connectivity index (χ1v) is 7.84. The summed E-state index contributed by atoms with van der Waals surface area (Å²) < 4.78 is 12.9. The molecular weight excluding hydrogens is 340 g/mol. The van der Waals surface area contributed by atoms with Crippen molar-refractivity contribution in [3.05, 3.63) is 71.3 Å². The van der Waals surface area contributed by atoms with Crippen molar-refractivity contribution < 1.29 is 9.15 Å². The number of hydrogen-bond acceptors (Lipinski definition) is 2. The van der Waals surface area contributed by atoms with Crippen LogP contribution in [0, 0.1) is 0 Å². The van der Waals surface area contributed by atoms with E-state index in [0.717, 1.165) is 43.3 Å². The van der Waals surface area contributed by atoms with Crippen LogP contribution in [0.1, 0.15) is 5.56 Å². The van der Waals surface area contributed by atoms with E-state index in [-0.39, 0.29) is 0 Å². The molecule has 0 N–H and O–H groups in total. The number of ether oxygens (including phenoxy) is 1. The highest BCUT2D eigenvalue weighted by molar-refractivity contribution is 9.10. The van der Waals surface area contributed by atoms with E-state index in [1.165, 1.54) is 0 Å². The summed E-state index contributed by atoms with van der Waals surface area (Å²) in [5.41, 5.74) is 3.45. The first-order chi connectivity index (χ1) is 10.8. The molecular formula is C19H13BrO2. The second-order valence-corrected chi connectivity index (χ2v) is 6.02. The Bertz CT molecular complexity index is 960. The Morgan fingerprint density at radius 1 is 1.09 bits per heavy atom. The zero-order chi connectivity index (χ0) is 15.1. The van der Waals surface area contributed by atoms with Gasteiger partial charge in [-0.05, 0) is 39.7 Å². The summed E-state index contributed by atoms with van der Waals surface area (Å²) in [6.07, 6.45) is 7.87. The van der Waals surface area contributed by atoms with Crippen molar-refractivity contribution in [2.24, 2.45) is 0 Å². The topological polar surface area (TPSA) is 22.4 Å². The van der Waals surface area contributed by atoms with Crippen LogP contribution in [-0.2, 0) is 0 Å². The third kappa shape index (κ3) is 2.01. The SMILES string of the molecule is C=C1/C=C\C=C/COc2c(Br)cc3c(oc4ccccc43)c21. The van der Waals surface area contributed by atoms with Crippen LogP contribution in [0.5, 0.6) is 5.75 Å². The van der Waals surface area contributed by atoms with Crippen molar-refractivity contribution in [1.82, 2.24) is 0 Å². The maximum atomic E-state index is 6.10. The second-order valence-electron chi connectivity index (χ2n) is 5.16. The fourth-order valence-corrected chi connectivity index (χ4v) is 3.30. The number of allylic oxidation sites excluding steroid dienone is 4. The Hall–Kier alpha value is -2.26. The summed E-state index contributed by atoms with van der Waals surface area (Å²) in [6, 6.07) is 10.1. The highest BCUT2D eigenvalue weighted by atomic mass is 79.9. The largest absolute Gasteiger partial charge is 0.488 e. The summed E-state index contributed by atoms with van der Waals surface area (Å²) in [5, 5.41) is 2.15. The van der Waals surface area contributed by atoms with Gasteiger partial charge in [0.15, 0.2) is 0 Å². The van der Waals surface area contributed by atoms with Gasteiger partial charge >= 0.3 is 0 Å².